The van der Waals surface area contributed by atoms with E-state index in [2.05, 4.69) is 9.46 Å². The molecule has 0 spiro atoms. The van der Waals surface area contributed by atoms with Crippen molar-refractivity contribution in [1.29, 1.82) is 0 Å². The summed E-state index contributed by atoms with van der Waals surface area (Å²) >= 11 is 5.98. The Morgan fingerprint density at radius 2 is 1.86 bits per heavy atom. The Morgan fingerprint density at radius 3 is 2.55 bits per heavy atom. The highest BCUT2D eigenvalue weighted by Crippen LogP contribution is 2.25. The molecule has 0 bridgehead atoms. The second-order valence-corrected chi connectivity index (χ2v) is 6.63. The average molecular weight is 340 g/mol. The van der Waals surface area contributed by atoms with E-state index in [1.807, 2.05) is 0 Å². The number of carbonyl (C=O) groups is 1. The zero-order chi connectivity index (χ0) is 16.3. The molecule has 2 aromatic rings. The Morgan fingerprint density at radius 1 is 1.18 bits per heavy atom. The van der Waals surface area contributed by atoms with Crippen molar-refractivity contribution in [2.45, 2.75) is 11.8 Å². The van der Waals surface area contributed by atoms with E-state index in [1.54, 1.807) is 25.1 Å². The first-order chi connectivity index (χ1) is 10.3. The Labute approximate surface area is 133 Å². The van der Waals surface area contributed by atoms with E-state index in [0.29, 0.717) is 16.3 Å². The first-order valence-electron chi connectivity index (χ1n) is 6.31. The van der Waals surface area contributed by atoms with Gasteiger partial charge in [0.05, 0.1) is 23.3 Å². The van der Waals surface area contributed by atoms with Crippen molar-refractivity contribution in [3.8, 4) is 0 Å². The molecule has 5 nitrogen and oxygen atoms in total. The molecule has 0 fully saturated rings. The summed E-state index contributed by atoms with van der Waals surface area (Å²) in [5.74, 6) is -0.601. The number of sulfonamides is 1. The molecule has 1 N–H and O–H groups in total. The van der Waals surface area contributed by atoms with Gasteiger partial charge in [0, 0.05) is 5.02 Å². The topological polar surface area (TPSA) is 72.5 Å². The first-order valence-corrected chi connectivity index (χ1v) is 8.17. The predicted molar refractivity (Wildman–Crippen MR) is 84.8 cm³/mol. The van der Waals surface area contributed by atoms with Gasteiger partial charge in [-0.25, -0.2) is 13.2 Å². The minimum atomic E-state index is -3.83. The maximum absolute atomic E-state index is 12.4. The van der Waals surface area contributed by atoms with E-state index < -0.39 is 16.0 Å². The maximum Gasteiger partial charge on any atom is 0.337 e. The highest BCUT2D eigenvalue weighted by Gasteiger charge is 2.18. The van der Waals surface area contributed by atoms with Gasteiger partial charge in [0.1, 0.15) is 0 Å². The van der Waals surface area contributed by atoms with Crippen molar-refractivity contribution in [3.05, 3.63) is 58.6 Å². The molecule has 22 heavy (non-hydrogen) atoms. The Hall–Kier alpha value is -2.05. The number of anilines is 1. The van der Waals surface area contributed by atoms with Gasteiger partial charge < -0.3 is 4.74 Å². The summed E-state index contributed by atoms with van der Waals surface area (Å²) in [4.78, 5) is 11.5. The van der Waals surface area contributed by atoms with Gasteiger partial charge in [-0.15, -0.1) is 0 Å². The van der Waals surface area contributed by atoms with Gasteiger partial charge in [-0.05, 0) is 42.8 Å². The third-order valence-corrected chi connectivity index (χ3v) is 4.85. The van der Waals surface area contributed by atoms with Crippen LogP contribution in [0.2, 0.25) is 5.02 Å². The molecule has 0 heterocycles. The monoisotopic (exact) mass is 339 g/mol. The summed E-state index contributed by atoms with van der Waals surface area (Å²) in [6, 6.07) is 10.6. The van der Waals surface area contributed by atoms with Gasteiger partial charge in [0.15, 0.2) is 0 Å². The molecule has 0 saturated heterocycles. The molecule has 0 aromatic heterocycles. The summed E-state index contributed by atoms with van der Waals surface area (Å²) in [7, 11) is -2.60. The largest absolute Gasteiger partial charge is 0.465 e. The second kappa shape index (κ2) is 6.37. The number of benzene rings is 2. The minimum Gasteiger partial charge on any atom is -0.465 e. The van der Waals surface area contributed by atoms with Crippen LogP contribution in [0, 0.1) is 6.92 Å². The van der Waals surface area contributed by atoms with Crippen molar-refractivity contribution in [2.24, 2.45) is 0 Å². The van der Waals surface area contributed by atoms with Crippen LogP contribution in [0.25, 0.3) is 0 Å². The van der Waals surface area contributed by atoms with Crippen LogP contribution in [-0.4, -0.2) is 21.5 Å². The first kappa shape index (κ1) is 16.3. The predicted octanol–water partition coefficient (Wildman–Crippen LogP) is 3.24. The molecule has 2 rings (SSSR count). The van der Waals surface area contributed by atoms with E-state index >= 15 is 0 Å². The highest BCUT2D eigenvalue weighted by molar-refractivity contribution is 7.92. The lowest BCUT2D eigenvalue weighted by atomic mass is 10.2. The number of rotatable bonds is 4. The average Bonchev–Trinajstić information content (AvgIpc) is 2.51. The van der Waals surface area contributed by atoms with Crippen LogP contribution in [0.15, 0.2) is 47.4 Å². The fraction of sp³-hybridized carbons (Fsp3) is 0.133. The summed E-state index contributed by atoms with van der Waals surface area (Å²) in [5, 5.41) is 0.462. The fourth-order valence-electron chi connectivity index (χ4n) is 1.83. The van der Waals surface area contributed by atoms with Crippen LogP contribution in [0.1, 0.15) is 15.9 Å². The molecule has 0 aliphatic carbocycles. The summed E-state index contributed by atoms with van der Waals surface area (Å²) < 4.78 is 31.9. The molecule has 116 valence electrons. The lowest BCUT2D eigenvalue weighted by Crippen LogP contribution is -2.14. The van der Waals surface area contributed by atoms with Crippen LogP contribution in [-0.2, 0) is 14.8 Å². The molecule has 7 heteroatoms. The van der Waals surface area contributed by atoms with Crippen molar-refractivity contribution in [3.63, 3.8) is 0 Å². The lowest BCUT2D eigenvalue weighted by molar-refractivity contribution is 0.0600. The van der Waals surface area contributed by atoms with Crippen molar-refractivity contribution in [1.82, 2.24) is 0 Å². The highest BCUT2D eigenvalue weighted by atomic mass is 35.5. The maximum atomic E-state index is 12.4. The Balaban J connectivity index is 2.39. The van der Waals surface area contributed by atoms with Crippen molar-refractivity contribution < 1.29 is 17.9 Å². The third-order valence-electron chi connectivity index (χ3n) is 3.08. The standard InChI is InChI=1S/C15H14ClNO4S/c1-10-13(16)7-4-8-14(10)17-22(19,20)12-6-3-5-11(9-12)15(18)21-2/h3-9,17H,1-2H3. The quantitative estimate of drug-likeness (QED) is 0.868. The van der Waals surface area contributed by atoms with E-state index in [0.717, 1.165) is 0 Å². The summed E-state index contributed by atoms with van der Waals surface area (Å²) in [6.45, 7) is 1.71. The number of ether oxygens (including phenoxy) is 1. The van der Waals surface area contributed by atoms with Gasteiger partial charge >= 0.3 is 5.97 Å². The SMILES string of the molecule is COC(=O)c1cccc(S(=O)(=O)Nc2cccc(Cl)c2C)c1. The molecule has 0 aliphatic rings. The van der Waals surface area contributed by atoms with Crippen LogP contribution >= 0.6 is 11.6 Å². The zero-order valence-electron chi connectivity index (χ0n) is 12.0. The molecule has 0 aliphatic heterocycles. The van der Waals surface area contributed by atoms with Crippen LogP contribution in [0.4, 0.5) is 5.69 Å². The minimum absolute atomic E-state index is 0.0326. The Kier molecular flexibility index (Phi) is 4.73. The number of methoxy groups -OCH3 is 1. The van der Waals surface area contributed by atoms with Crippen LogP contribution in [0.3, 0.4) is 0 Å². The van der Waals surface area contributed by atoms with Crippen molar-refractivity contribution in [2.75, 3.05) is 11.8 Å². The number of hydrogen-bond donors (Lipinski definition) is 1. The molecular formula is C15H14ClNO4S. The fourth-order valence-corrected chi connectivity index (χ4v) is 3.17. The molecule has 0 radical (unpaired) electrons. The van der Waals surface area contributed by atoms with E-state index in [4.69, 9.17) is 11.6 Å². The summed E-state index contributed by atoms with van der Waals surface area (Å²) in [6.07, 6.45) is 0. The molecule has 2 aromatic carbocycles. The van der Waals surface area contributed by atoms with Crippen LogP contribution < -0.4 is 4.72 Å². The normalized spacial score (nSPS) is 11.0. The number of carbonyl (C=O) groups excluding carboxylic acids is 1. The number of hydrogen-bond acceptors (Lipinski definition) is 4. The van der Waals surface area contributed by atoms with Crippen LogP contribution in [0.5, 0.6) is 0 Å². The smallest absolute Gasteiger partial charge is 0.337 e. The zero-order valence-corrected chi connectivity index (χ0v) is 13.5. The molecule has 0 saturated carbocycles. The number of nitrogens with one attached hydrogen (secondary N) is 1. The van der Waals surface area contributed by atoms with Gasteiger partial charge in [-0.2, -0.15) is 0 Å². The molecular weight excluding hydrogens is 326 g/mol. The van der Waals surface area contributed by atoms with Gasteiger partial charge in [0.2, 0.25) is 0 Å². The van der Waals surface area contributed by atoms with Gasteiger partial charge in [0.25, 0.3) is 10.0 Å². The van der Waals surface area contributed by atoms with E-state index in [9.17, 15) is 13.2 Å². The summed E-state index contributed by atoms with van der Waals surface area (Å²) in [5.41, 5.74) is 1.17. The van der Waals surface area contributed by atoms with Gasteiger partial charge in [-0.1, -0.05) is 23.7 Å². The molecule has 0 atom stereocenters. The molecule has 0 unspecified atom stereocenters. The Bertz CT molecular complexity index is 818. The third kappa shape index (κ3) is 3.40. The number of esters is 1. The lowest BCUT2D eigenvalue weighted by Gasteiger charge is -2.12. The second-order valence-electron chi connectivity index (χ2n) is 4.54. The number of halogens is 1. The van der Waals surface area contributed by atoms with E-state index in [1.165, 1.54) is 31.4 Å². The van der Waals surface area contributed by atoms with E-state index in [-0.39, 0.29) is 10.5 Å². The van der Waals surface area contributed by atoms with Crippen molar-refractivity contribution >= 4 is 33.3 Å². The molecule has 0 amide bonds. The van der Waals surface area contributed by atoms with Gasteiger partial charge in [-0.3, -0.25) is 4.72 Å².